The van der Waals surface area contributed by atoms with Crippen LogP contribution >= 0.6 is 0 Å². The third-order valence-electron chi connectivity index (χ3n) is 0.439. The van der Waals surface area contributed by atoms with Gasteiger partial charge >= 0.3 is 0 Å². The molecule has 5 N–H and O–H groups in total. The third-order valence-corrected chi connectivity index (χ3v) is 0.439. The van der Waals surface area contributed by atoms with Gasteiger partial charge in [-0.15, -0.1) is 5.10 Å². The van der Waals surface area contributed by atoms with Crippen LogP contribution in [0.25, 0.3) is 0 Å². The molecule has 8 heavy (non-hydrogen) atoms. The maximum atomic E-state index is 6.55. The van der Waals surface area contributed by atoms with Gasteiger partial charge in [-0.2, -0.15) is 0 Å². The highest BCUT2D eigenvalue weighted by Crippen LogP contribution is 1.73. The molecule has 0 aliphatic carbocycles. The van der Waals surface area contributed by atoms with Crippen molar-refractivity contribution in [3.8, 4) is 0 Å². The average Bonchev–Trinajstić information content (AvgIpc) is 1.65. The molecule has 0 radical (unpaired) electrons. The zero-order valence-electron chi connectivity index (χ0n) is 4.51. The van der Waals surface area contributed by atoms with Crippen LogP contribution in [0.1, 0.15) is 6.92 Å². The molecule has 5 nitrogen and oxygen atoms in total. The van der Waals surface area contributed by atoms with Crippen molar-refractivity contribution < 1.29 is 4.74 Å². The third kappa shape index (κ3) is 2.95. The van der Waals surface area contributed by atoms with Crippen molar-refractivity contribution in [2.24, 2.45) is 16.7 Å². The second-order valence-corrected chi connectivity index (χ2v) is 1.11. The molecule has 0 aromatic heterocycles. The summed E-state index contributed by atoms with van der Waals surface area (Å²) in [4.78, 5) is 0. The molecule has 5 heteroatoms. The molecule has 0 amide bonds. The number of nitrogens with two attached hydrogens (primary N) is 2. The van der Waals surface area contributed by atoms with Crippen LogP contribution in [0, 0.1) is 5.41 Å². The molecule has 0 saturated heterocycles. The van der Waals surface area contributed by atoms with E-state index in [1.807, 2.05) is 0 Å². The molecule has 0 spiro atoms. The van der Waals surface area contributed by atoms with Crippen LogP contribution < -0.4 is 11.6 Å². The molecule has 0 heterocycles. The van der Waals surface area contributed by atoms with E-state index in [4.69, 9.17) is 17.0 Å². The fourth-order valence-corrected chi connectivity index (χ4v) is 0.185. The molecule has 0 aliphatic heterocycles. The van der Waals surface area contributed by atoms with E-state index >= 15 is 0 Å². The van der Waals surface area contributed by atoms with Crippen LogP contribution in [0.15, 0.2) is 5.10 Å². The Kier molecular flexibility index (Phi) is 2.39. The Bertz CT molecular complexity index is 118. The van der Waals surface area contributed by atoms with Crippen molar-refractivity contribution in [3.63, 3.8) is 0 Å². The van der Waals surface area contributed by atoms with E-state index in [-0.39, 0.29) is 5.90 Å². The molecule has 46 valence electrons. The van der Waals surface area contributed by atoms with Gasteiger partial charge in [0.25, 0.3) is 6.02 Å². The van der Waals surface area contributed by atoms with Crippen LogP contribution in [0.3, 0.4) is 0 Å². The van der Waals surface area contributed by atoms with Crippen LogP contribution in [0.2, 0.25) is 0 Å². The number of rotatable bonds is 0. The maximum absolute atomic E-state index is 6.55. The molecule has 0 rings (SSSR count). The predicted octanol–water partition coefficient (Wildman–Crippen LogP) is -0.811. The fourth-order valence-electron chi connectivity index (χ4n) is 0.185. The van der Waals surface area contributed by atoms with Crippen molar-refractivity contribution in [1.82, 2.24) is 0 Å². The Morgan fingerprint density at radius 3 is 2.38 bits per heavy atom. The summed E-state index contributed by atoms with van der Waals surface area (Å²) in [5, 5.41) is 9.65. The lowest BCUT2D eigenvalue weighted by atomic mass is 10.8. The molecule has 0 saturated carbocycles. The molecule has 0 fully saturated rings. The zero-order chi connectivity index (χ0) is 6.57. The highest BCUT2D eigenvalue weighted by Gasteiger charge is 1.89. The van der Waals surface area contributed by atoms with Gasteiger partial charge in [0.15, 0.2) is 0 Å². The summed E-state index contributed by atoms with van der Waals surface area (Å²) in [6.07, 6.45) is 0. The van der Waals surface area contributed by atoms with Crippen LogP contribution in [-0.4, -0.2) is 11.9 Å². The largest absolute Gasteiger partial charge is 0.410 e. The first-order chi connectivity index (χ1) is 3.66. The van der Waals surface area contributed by atoms with Crippen molar-refractivity contribution in [2.45, 2.75) is 6.92 Å². The maximum Gasteiger partial charge on any atom is 0.285 e. The number of hydrogen-bond acceptors (Lipinski definition) is 4. The molecule has 0 bridgehead atoms. The van der Waals surface area contributed by atoms with Crippen molar-refractivity contribution in [3.05, 3.63) is 0 Å². The number of amidine groups is 1. The van der Waals surface area contributed by atoms with E-state index in [1.165, 1.54) is 6.92 Å². The number of ether oxygens (including phenoxy) is 1. The van der Waals surface area contributed by atoms with Gasteiger partial charge in [-0.3, -0.25) is 5.41 Å². The molecular weight excluding hydrogens is 108 g/mol. The first-order valence-electron chi connectivity index (χ1n) is 1.93. The second kappa shape index (κ2) is 2.84. The van der Waals surface area contributed by atoms with Gasteiger partial charge in [-0.1, -0.05) is 0 Å². The standard InChI is InChI=1S/C3H8N4O/c1-2(7-6)8-3(4)5/h6H2,1H3,(H3,4,5)/b7-2+. The number of nitrogens with one attached hydrogen (secondary N) is 1. The van der Waals surface area contributed by atoms with E-state index in [1.54, 1.807) is 0 Å². The molecule has 0 aromatic carbocycles. The van der Waals surface area contributed by atoms with Gasteiger partial charge in [0.05, 0.1) is 0 Å². The molecule has 0 atom stereocenters. The van der Waals surface area contributed by atoms with Crippen LogP contribution in [-0.2, 0) is 4.74 Å². The topological polar surface area (TPSA) is 97.5 Å². The summed E-state index contributed by atoms with van der Waals surface area (Å²) in [7, 11) is 0. The first kappa shape index (κ1) is 6.74. The summed E-state index contributed by atoms with van der Waals surface area (Å²) in [6.45, 7) is 1.50. The molecule has 0 aliphatic rings. The number of hydrogen-bond donors (Lipinski definition) is 3. The van der Waals surface area contributed by atoms with E-state index in [2.05, 4.69) is 9.84 Å². The lowest BCUT2D eigenvalue weighted by Crippen LogP contribution is -2.18. The van der Waals surface area contributed by atoms with E-state index in [9.17, 15) is 0 Å². The summed E-state index contributed by atoms with van der Waals surface area (Å²) in [5.74, 6) is 4.91. The zero-order valence-corrected chi connectivity index (χ0v) is 4.51. The summed E-state index contributed by atoms with van der Waals surface area (Å²) in [6, 6.07) is -0.406. The summed E-state index contributed by atoms with van der Waals surface area (Å²) >= 11 is 0. The SMILES string of the molecule is C/C(=N\N)OC(=N)N. The quantitative estimate of drug-likeness (QED) is 0.167. The average molecular weight is 116 g/mol. The highest BCUT2D eigenvalue weighted by atomic mass is 16.5. The lowest BCUT2D eigenvalue weighted by molar-refractivity contribution is 0.523. The Hall–Kier alpha value is -1.26. The van der Waals surface area contributed by atoms with E-state index in [0.29, 0.717) is 0 Å². The first-order valence-corrected chi connectivity index (χ1v) is 1.93. The van der Waals surface area contributed by atoms with Gasteiger partial charge in [0, 0.05) is 6.92 Å². The van der Waals surface area contributed by atoms with Gasteiger partial charge in [-0.25, -0.2) is 0 Å². The summed E-state index contributed by atoms with van der Waals surface area (Å²) in [5.41, 5.74) is 4.79. The molecule has 0 unspecified atom stereocenters. The molecular formula is C3H8N4O. The normalized spacial score (nSPS) is 10.9. The molecule has 0 aromatic rings. The summed E-state index contributed by atoms with van der Waals surface area (Å²) < 4.78 is 4.39. The van der Waals surface area contributed by atoms with Gasteiger partial charge in [0.2, 0.25) is 5.90 Å². The van der Waals surface area contributed by atoms with Gasteiger partial charge in [-0.05, 0) is 0 Å². The lowest BCUT2D eigenvalue weighted by Gasteiger charge is -1.96. The Balaban J connectivity index is 3.56. The highest BCUT2D eigenvalue weighted by molar-refractivity contribution is 5.86. The minimum Gasteiger partial charge on any atom is -0.410 e. The van der Waals surface area contributed by atoms with Crippen LogP contribution in [0.4, 0.5) is 0 Å². The predicted molar refractivity (Wildman–Crippen MR) is 30.3 cm³/mol. The van der Waals surface area contributed by atoms with Gasteiger partial charge < -0.3 is 16.3 Å². The van der Waals surface area contributed by atoms with Crippen molar-refractivity contribution in [1.29, 1.82) is 5.41 Å². The van der Waals surface area contributed by atoms with E-state index < -0.39 is 6.02 Å². The Labute approximate surface area is 46.8 Å². The Morgan fingerprint density at radius 2 is 2.25 bits per heavy atom. The number of nitrogens with zero attached hydrogens (tertiary/aromatic N) is 1. The van der Waals surface area contributed by atoms with Crippen LogP contribution in [0.5, 0.6) is 0 Å². The van der Waals surface area contributed by atoms with Crippen molar-refractivity contribution >= 4 is 11.9 Å². The minimum absolute atomic E-state index is 0.178. The number of hydrazone groups is 1. The minimum atomic E-state index is -0.406. The second-order valence-electron chi connectivity index (χ2n) is 1.11. The monoisotopic (exact) mass is 116 g/mol. The smallest absolute Gasteiger partial charge is 0.285 e. The fraction of sp³-hybridized carbons (Fsp3) is 0.333. The Morgan fingerprint density at radius 1 is 1.75 bits per heavy atom. The van der Waals surface area contributed by atoms with E-state index in [0.717, 1.165) is 0 Å². The van der Waals surface area contributed by atoms with Gasteiger partial charge in [0.1, 0.15) is 0 Å². The van der Waals surface area contributed by atoms with Crippen molar-refractivity contribution in [2.75, 3.05) is 0 Å².